The zero-order valence-electron chi connectivity index (χ0n) is 25.6. The molecule has 6 rings (SSSR count). The second-order valence-corrected chi connectivity index (χ2v) is 6.79. The van der Waals surface area contributed by atoms with Gasteiger partial charge in [0.1, 0.15) is 0 Å². The number of nitrogens with zero attached hydrogens (tertiary/aromatic N) is 1. The van der Waals surface area contributed by atoms with Crippen LogP contribution in [0.4, 0.5) is 0 Å². The van der Waals surface area contributed by atoms with Crippen LogP contribution in [0, 0.1) is 0 Å². The van der Waals surface area contributed by atoms with Gasteiger partial charge in [0.15, 0.2) is 0 Å². The molecular weight excluding hydrogens is 446 g/mol. The Labute approximate surface area is 229 Å². The summed E-state index contributed by atoms with van der Waals surface area (Å²) in [6.45, 7) is 24.0. The molecule has 0 amide bonds. The third-order valence-electron chi connectivity index (χ3n) is 5.75. The van der Waals surface area contributed by atoms with Gasteiger partial charge in [-0.15, -0.1) is 0 Å². The van der Waals surface area contributed by atoms with Crippen molar-refractivity contribution in [1.29, 1.82) is 0 Å². The van der Waals surface area contributed by atoms with Crippen LogP contribution >= 0.6 is 0 Å². The van der Waals surface area contributed by atoms with Gasteiger partial charge in [-0.2, -0.15) is 0 Å². The van der Waals surface area contributed by atoms with Gasteiger partial charge in [-0.25, -0.2) is 0 Å². The van der Waals surface area contributed by atoms with E-state index in [1.807, 2.05) is 89.3 Å². The summed E-state index contributed by atoms with van der Waals surface area (Å²) in [5, 5.41) is 0. The number of hydrogen-bond donors (Lipinski definition) is 0. The number of hydrogen-bond acceptors (Lipinski definition) is 1. The first-order chi connectivity index (χ1) is 18.4. The molecule has 0 radical (unpaired) electrons. The summed E-state index contributed by atoms with van der Waals surface area (Å²) >= 11 is 0. The minimum atomic E-state index is -0.243. The minimum Gasteiger partial charge on any atom is -0.256 e. The molecule has 0 saturated heterocycles. The van der Waals surface area contributed by atoms with E-state index in [0.717, 1.165) is 5.69 Å². The molecule has 0 bridgehead atoms. The largest absolute Gasteiger partial charge is 0.256 e. The fourth-order valence-electron chi connectivity index (χ4n) is 4.90. The van der Waals surface area contributed by atoms with Crippen LogP contribution in [0.5, 0.6) is 0 Å². The second kappa shape index (κ2) is 18.1. The molecule has 1 nitrogen and oxygen atoms in total. The summed E-state index contributed by atoms with van der Waals surface area (Å²) in [7, 11) is 0. The third-order valence-corrected chi connectivity index (χ3v) is 5.75. The van der Waals surface area contributed by atoms with Crippen molar-refractivity contribution < 1.29 is 0 Å². The van der Waals surface area contributed by atoms with Crippen LogP contribution in [-0.2, 0) is 5.41 Å². The van der Waals surface area contributed by atoms with Gasteiger partial charge in [0.2, 0.25) is 0 Å². The minimum absolute atomic E-state index is 0.243. The summed E-state index contributed by atoms with van der Waals surface area (Å²) in [5.41, 5.74) is 10.2. The highest BCUT2D eigenvalue weighted by molar-refractivity contribution is 5.93. The molecule has 1 spiro atoms. The Morgan fingerprint density at radius 3 is 1.14 bits per heavy atom. The maximum absolute atomic E-state index is 4.77. The molecular formula is C36H51N. The van der Waals surface area contributed by atoms with Gasteiger partial charge in [-0.3, -0.25) is 4.98 Å². The average molecular weight is 498 g/mol. The normalized spacial score (nSPS) is 10.9. The maximum atomic E-state index is 4.77. The van der Waals surface area contributed by atoms with E-state index in [4.69, 9.17) is 4.98 Å². The van der Waals surface area contributed by atoms with E-state index in [9.17, 15) is 0 Å². The predicted molar refractivity (Wildman–Crippen MR) is 169 cm³/mol. The van der Waals surface area contributed by atoms with Gasteiger partial charge >= 0.3 is 0 Å². The highest BCUT2D eigenvalue weighted by Gasteiger charge is 2.51. The number of pyridine rings is 1. The lowest BCUT2D eigenvalue weighted by atomic mass is 9.71. The van der Waals surface area contributed by atoms with Crippen molar-refractivity contribution in [3.63, 3.8) is 0 Å². The number of aromatic nitrogens is 1. The van der Waals surface area contributed by atoms with Gasteiger partial charge in [-0.1, -0.05) is 162 Å². The monoisotopic (exact) mass is 497 g/mol. The summed E-state index contributed by atoms with van der Waals surface area (Å²) in [6.07, 6.45) is 1.90. The van der Waals surface area contributed by atoms with Crippen molar-refractivity contribution in [2.45, 2.75) is 88.5 Å². The quantitative estimate of drug-likeness (QED) is 0.203. The van der Waals surface area contributed by atoms with Crippen LogP contribution in [-0.4, -0.2) is 4.98 Å². The zero-order valence-corrected chi connectivity index (χ0v) is 25.6. The molecule has 0 unspecified atom stereocenters. The van der Waals surface area contributed by atoms with Gasteiger partial charge in [0.25, 0.3) is 0 Å². The highest BCUT2D eigenvalue weighted by Crippen LogP contribution is 2.61. The molecule has 1 aromatic heterocycles. The molecule has 2 aliphatic carbocycles. The molecule has 1 heteroatoms. The first-order valence-electron chi connectivity index (χ1n) is 14.7. The smallest absolute Gasteiger partial charge is 0.0753 e. The number of fused-ring (bicyclic) bond motifs is 10. The number of benzene rings is 3. The average Bonchev–Trinajstić information content (AvgIpc) is 3.51. The second-order valence-electron chi connectivity index (χ2n) is 6.79. The molecule has 0 fully saturated rings. The van der Waals surface area contributed by atoms with Crippen molar-refractivity contribution in [2.24, 2.45) is 0 Å². The highest BCUT2D eigenvalue weighted by atomic mass is 14.7. The van der Waals surface area contributed by atoms with E-state index >= 15 is 0 Å². The fourth-order valence-corrected chi connectivity index (χ4v) is 4.90. The zero-order chi connectivity index (χ0) is 28.4. The Balaban J connectivity index is 0.000000962. The molecule has 0 aliphatic heterocycles. The van der Waals surface area contributed by atoms with Gasteiger partial charge in [-0.05, 0) is 39.4 Å². The lowest BCUT2D eigenvalue weighted by Gasteiger charge is -2.29. The van der Waals surface area contributed by atoms with Crippen LogP contribution in [0.1, 0.15) is 105 Å². The lowest BCUT2D eigenvalue weighted by molar-refractivity contribution is 0.791. The SMILES string of the molecule is CC.CC.CC.CC.CC.CC.c1ccc2c(c1)-c1ccccc1C21c2ccccc2-c2ncccc21. The summed E-state index contributed by atoms with van der Waals surface area (Å²) in [6, 6.07) is 30.7. The van der Waals surface area contributed by atoms with Crippen molar-refractivity contribution in [3.8, 4) is 22.4 Å². The van der Waals surface area contributed by atoms with Crippen molar-refractivity contribution in [1.82, 2.24) is 4.98 Å². The Kier molecular flexibility index (Phi) is 16.6. The van der Waals surface area contributed by atoms with E-state index in [2.05, 4.69) is 84.9 Å². The predicted octanol–water partition coefficient (Wildman–Crippen LogP) is 11.6. The summed E-state index contributed by atoms with van der Waals surface area (Å²) in [4.78, 5) is 4.77. The first kappa shape index (κ1) is 33.8. The summed E-state index contributed by atoms with van der Waals surface area (Å²) < 4.78 is 0. The lowest BCUT2D eigenvalue weighted by Crippen LogP contribution is -2.25. The van der Waals surface area contributed by atoms with Gasteiger partial charge in [0, 0.05) is 11.8 Å². The topological polar surface area (TPSA) is 12.9 Å². The standard InChI is InChI=1S/C24H15N.6C2H6/c1-4-11-19-16(8-1)17-9-2-5-12-20(17)24(19)21-13-6-3-10-18(21)23-22(24)14-7-15-25-23;6*1-2/h1-15H;6*1-2H3. The van der Waals surface area contributed by atoms with Crippen LogP contribution in [0.25, 0.3) is 22.4 Å². The molecule has 0 N–H and O–H groups in total. The Morgan fingerprint density at radius 1 is 0.378 bits per heavy atom. The molecule has 3 aromatic carbocycles. The van der Waals surface area contributed by atoms with Gasteiger partial charge < -0.3 is 0 Å². The van der Waals surface area contributed by atoms with Crippen LogP contribution in [0.2, 0.25) is 0 Å². The molecule has 0 saturated carbocycles. The van der Waals surface area contributed by atoms with Crippen molar-refractivity contribution in [2.75, 3.05) is 0 Å². The Morgan fingerprint density at radius 2 is 0.703 bits per heavy atom. The first-order valence-corrected chi connectivity index (χ1v) is 14.7. The molecule has 1 heterocycles. The Hall–Kier alpha value is -3.19. The van der Waals surface area contributed by atoms with E-state index in [0.29, 0.717) is 0 Å². The van der Waals surface area contributed by atoms with E-state index in [1.54, 1.807) is 0 Å². The molecule has 4 aromatic rings. The van der Waals surface area contributed by atoms with Crippen LogP contribution in [0.15, 0.2) is 91.1 Å². The van der Waals surface area contributed by atoms with Crippen molar-refractivity contribution >= 4 is 0 Å². The molecule has 0 atom stereocenters. The summed E-state index contributed by atoms with van der Waals surface area (Å²) in [5.74, 6) is 0. The molecule has 2 aliphatic rings. The van der Waals surface area contributed by atoms with E-state index in [1.165, 1.54) is 38.9 Å². The van der Waals surface area contributed by atoms with Crippen LogP contribution in [0.3, 0.4) is 0 Å². The van der Waals surface area contributed by atoms with E-state index < -0.39 is 0 Å². The fraction of sp³-hybridized carbons (Fsp3) is 0.361. The van der Waals surface area contributed by atoms with E-state index in [-0.39, 0.29) is 5.41 Å². The molecule has 200 valence electrons. The Bertz CT molecular complexity index is 969. The number of rotatable bonds is 0. The van der Waals surface area contributed by atoms with Gasteiger partial charge in [0.05, 0.1) is 11.1 Å². The maximum Gasteiger partial charge on any atom is 0.0753 e. The third kappa shape index (κ3) is 5.87. The van der Waals surface area contributed by atoms with Crippen LogP contribution < -0.4 is 0 Å². The molecule has 37 heavy (non-hydrogen) atoms. The van der Waals surface area contributed by atoms with Crippen molar-refractivity contribution in [3.05, 3.63) is 113 Å².